The van der Waals surface area contributed by atoms with E-state index >= 15 is 0 Å². The molecule has 0 spiro atoms. The van der Waals surface area contributed by atoms with E-state index in [0.717, 1.165) is 22.3 Å². The molecule has 7 rings (SSSR count). The number of fused-ring (bicyclic) bond motifs is 1. The summed E-state index contributed by atoms with van der Waals surface area (Å²) in [6, 6.07) is 35.8. The standard InChI is InChI=1S/C58H76N7O9PSi/c1-39(2)65(40(3)4)75(71-34-18-33-59)73-51-48(35-70-58(42-19-16-15-17-20-42,43-23-27-45(67-11)28-24-43)44-25-29-46(68-12)30-26-44)72-55(52(51)74-76(13,14)57(8,9)10)64-38-62-50-53(60-37-61-54(50)64)63-49(66)36-69-47-31-21-41(22-32-47)56(5,6)7/h15-17,19-32,37-40,48,51-52,55H,18,34-36H2,1-14H3,(H,60,61,63,66)/t48-,51-,52-,55-,75?/m1/s1. The van der Waals surface area contributed by atoms with Crippen molar-refractivity contribution in [3.63, 3.8) is 0 Å². The highest BCUT2D eigenvalue weighted by atomic mass is 31.2. The van der Waals surface area contributed by atoms with Crippen LogP contribution in [0.5, 0.6) is 17.2 Å². The Morgan fingerprint density at radius 2 is 1.36 bits per heavy atom. The van der Waals surface area contributed by atoms with Gasteiger partial charge in [0.05, 0.1) is 46.3 Å². The van der Waals surface area contributed by atoms with Crippen LogP contribution in [0, 0.1) is 11.3 Å². The van der Waals surface area contributed by atoms with Crippen molar-refractivity contribution in [3.05, 3.63) is 138 Å². The molecule has 5 atom stereocenters. The molecule has 1 aliphatic rings. The second-order valence-corrected chi connectivity index (χ2v) is 28.2. The van der Waals surface area contributed by atoms with E-state index in [2.05, 4.69) is 116 Å². The molecule has 0 bridgehead atoms. The molecule has 0 radical (unpaired) electrons. The third-order valence-corrected chi connectivity index (χ3v) is 20.6. The Balaban J connectivity index is 1.35. The van der Waals surface area contributed by atoms with E-state index < -0.39 is 52.9 Å². The first-order chi connectivity index (χ1) is 36.1. The van der Waals surface area contributed by atoms with E-state index in [9.17, 15) is 10.1 Å². The van der Waals surface area contributed by atoms with Gasteiger partial charge in [0.25, 0.3) is 14.4 Å². The van der Waals surface area contributed by atoms with Gasteiger partial charge in [0.1, 0.15) is 47.5 Å². The van der Waals surface area contributed by atoms with Crippen LogP contribution in [-0.2, 0) is 38.8 Å². The van der Waals surface area contributed by atoms with Crippen molar-refractivity contribution < 1.29 is 42.0 Å². The highest BCUT2D eigenvalue weighted by molar-refractivity contribution is 7.44. The number of amides is 1. The lowest BCUT2D eigenvalue weighted by Crippen LogP contribution is -2.50. The van der Waals surface area contributed by atoms with E-state index in [-0.39, 0.29) is 54.6 Å². The van der Waals surface area contributed by atoms with Crippen LogP contribution in [0.3, 0.4) is 0 Å². The summed E-state index contributed by atoms with van der Waals surface area (Å²) in [4.78, 5) is 27.6. The predicted molar refractivity (Wildman–Crippen MR) is 299 cm³/mol. The van der Waals surface area contributed by atoms with Gasteiger partial charge in [-0.05, 0) is 110 Å². The van der Waals surface area contributed by atoms with E-state index in [0.29, 0.717) is 28.4 Å². The summed E-state index contributed by atoms with van der Waals surface area (Å²) in [6.07, 6.45) is -0.147. The summed E-state index contributed by atoms with van der Waals surface area (Å²) < 4.78 is 57.8. The quantitative estimate of drug-likeness (QED) is 0.0278. The fourth-order valence-corrected chi connectivity index (χ4v) is 12.1. The molecule has 3 heterocycles. The topological polar surface area (TPSA) is 174 Å². The number of nitrogens with one attached hydrogen (secondary N) is 1. The Bertz CT molecular complexity index is 2810. The third-order valence-electron chi connectivity index (χ3n) is 14.0. The molecule has 4 aromatic carbocycles. The first-order valence-electron chi connectivity index (χ1n) is 25.9. The van der Waals surface area contributed by atoms with E-state index in [4.69, 9.17) is 47.1 Å². The average molecular weight is 1070 g/mol. The highest BCUT2D eigenvalue weighted by Gasteiger charge is 2.54. The van der Waals surface area contributed by atoms with Crippen LogP contribution >= 0.6 is 8.53 Å². The summed E-state index contributed by atoms with van der Waals surface area (Å²) in [6.45, 7) is 25.7. The molecule has 1 fully saturated rings. The zero-order valence-electron chi connectivity index (χ0n) is 46.6. The highest BCUT2D eigenvalue weighted by Crippen LogP contribution is 2.53. The molecule has 0 saturated carbocycles. The number of anilines is 1. The fraction of sp³-hybridized carbons (Fsp3) is 0.466. The number of nitrogens with zero attached hydrogens (tertiary/aromatic N) is 6. The lowest BCUT2D eigenvalue weighted by atomic mass is 9.80. The third kappa shape index (κ3) is 13.1. The number of imidazole rings is 1. The Hall–Kier alpha value is -5.80. The number of nitriles is 1. The molecular weight excluding hydrogens is 998 g/mol. The van der Waals surface area contributed by atoms with Crippen LogP contribution in [0.15, 0.2) is 116 Å². The maximum absolute atomic E-state index is 13.5. The molecule has 1 saturated heterocycles. The Kier molecular flexibility index (Phi) is 18.8. The van der Waals surface area contributed by atoms with E-state index in [1.165, 1.54) is 6.33 Å². The van der Waals surface area contributed by atoms with Crippen LogP contribution in [0.4, 0.5) is 5.82 Å². The minimum absolute atomic E-state index is 0.000935. The molecule has 2 aromatic heterocycles. The number of aromatic nitrogens is 4. The van der Waals surface area contributed by atoms with Gasteiger partial charge in [-0.2, -0.15) is 5.26 Å². The summed E-state index contributed by atoms with van der Waals surface area (Å²) in [5.74, 6) is 1.75. The van der Waals surface area contributed by atoms with Gasteiger partial charge < -0.3 is 42.5 Å². The number of hydrogen-bond acceptors (Lipinski definition) is 14. The predicted octanol–water partition coefficient (Wildman–Crippen LogP) is 12.1. The van der Waals surface area contributed by atoms with Gasteiger partial charge in [-0.1, -0.05) is 108 Å². The molecule has 76 heavy (non-hydrogen) atoms. The average Bonchev–Trinajstić information content (AvgIpc) is 4.00. The second kappa shape index (κ2) is 24.7. The lowest BCUT2D eigenvalue weighted by Gasteiger charge is -2.42. The van der Waals surface area contributed by atoms with Gasteiger partial charge >= 0.3 is 0 Å². The van der Waals surface area contributed by atoms with Gasteiger partial charge in [-0.15, -0.1) is 0 Å². The summed E-state index contributed by atoms with van der Waals surface area (Å²) in [5.41, 5.74) is 3.21. The zero-order chi connectivity index (χ0) is 55.0. The number of ether oxygens (including phenoxy) is 5. The molecule has 1 amide bonds. The minimum atomic E-state index is -2.69. The van der Waals surface area contributed by atoms with E-state index in [1.54, 1.807) is 20.5 Å². The van der Waals surface area contributed by atoms with Crippen LogP contribution in [0.1, 0.15) is 104 Å². The molecule has 16 nitrogen and oxygen atoms in total. The van der Waals surface area contributed by atoms with Gasteiger partial charge in [0, 0.05) is 12.1 Å². The molecule has 1 unspecified atom stereocenters. The summed E-state index contributed by atoms with van der Waals surface area (Å²) >= 11 is 0. The van der Waals surface area contributed by atoms with Gasteiger partial charge in [0.2, 0.25) is 0 Å². The number of rotatable bonds is 23. The van der Waals surface area contributed by atoms with Crippen LogP contribution in [0.2, 0.25) is 18.1 Å². The van der Waals surface area contributed by atoms with Crippen LogP contribution in [-0.4, -0.2) is 103 Å². The molecule has 6 aromatic rings. The molecular formula is C58H76N7O9PSi. The van der Waals surface area contributed by atoms with Crippen molar-refractivity contribution in [1.82, 2.24) is 24.2 Å². The summed E-state index contributed by atoms with van der Waals surface area (Å²) in [7, 11) is -1.24. The largest absolute Gasteiger partial charge is 0.497 e. The van der Waals surface area contributed by atoms with Crippen molar-refractivity contribution >= 4 is 39.7 Å². The molecule has 1 N–H and O–H groups in total. The number of hydrogen-bond donors (Lipinski definition) is 1. The summed E-state index contributed by atoms with van der Waals surface area (Å²) in [5, 5.41) is 12.4. The molecule has 0 aliphatic carbocycles. The van der Waals surface area contributed by atoms with Crippen LogP contribution < -0.4 is 19.5 Å². The smallest absolute Gasteiger partial charge is 0.263 e. The van der Waals surface area contributed by atoms with Crippen molar-refractivity contribution in [2.75, 3.05) is 39.4 Å². The van der Waals surface area contributed by atoms with Crippen molar-refractivity contribution in [1.29, 1.82) is 5.26 Å². The lowest BCUT2D eigenvalue weighted by molar-refractivity contribution is -0.118. The van der Waals surface area contributed by atoms with Crippen LogP contribution in [0.25, 0.3) is 11.2 Å². The maximum atomic E-state index is 13.5. The number of carbonyl (C=O) groups is 1. The minimum Gasteiger partial charge on any atom is -0.497 e. The maximum Gasteiger partial charge on any atom is 0.263 e. The van der Waals surface area contributed by atoms with Crippen molar-refractivity contribution in [2.45, 2.75) is 141 Å². The first-order valence-corrected chi connectivity index (χ1v) is 29.9. The second-order valence-electron chi connectivity index (χ2n) is 22.0. The Labute approximate surface area is 451 Å². The molecule has 18 heteroatoms. The zero-order valence-corrected chi connectivity index (χ0v) is 48.5. The molecule has 406 valence electrons. The first kappa shape index (κ1) is 57.9. The van der Waals surface area contributed by atoms with Gasteiger partial charge in [-0.25, -0.2) is 19.6 Å². The fourth-order valence-electron chi connectivity index (χ4n) is 9.01. The monoisotopic (exact) mass is 1070 g/mol. The number of carbonyl (C=O) groups excluding carboxylic acids is 1. The Morgan fingerprint density at radius 1 is 0.789 bits per heavy atom. The van der Waals surface area contributed by atoms with Gasteiger partial charge in [-0.3, -0.25) is 9.36 Å². The van der Waals surface area contributed by atoms with Crippen molar-refractivity contribution in [2.24, 2.45) is 0 Å². The van der Waals surface area contributed by atoms with E-state index in [1.807, 2.05) is 95.6 Å². The molecule has 1 aliphatic heterocycles. The Morgan fingerprint density at radius 3 is 1.89 bits per heavy atom. The SMILES string of the molecule is COc1ccc(C(OC[C@H]2O[C@@H](n3cnc4c(NC(=O)COc5ccc(C(C)(C)C)cc5)ncnc43)[C@H](O[Si](C)(C)C(C)(C)C)[C@@H]2OP(OCCC#N)N(C(C)C)C(C)C)(c2ccccc2)c2ccc(OC)cc2)cc1. The van der Waals surface area contributed by atoms with Crippen molar-refractivity contribution in [3.8, 4) is 23.3 Å². The number of methoxy groups -OCH3 is 2. The number of benzene rings is 4. The van der Waals surface area contributed by atoms with Gasteiger partial charge in [0.15, 0.2) is 38.1 Å². The normalized spacial score (nSPS) is 17.8.